The topological polar surface area (TPSA) is 32.3 Å². The Kier molecular flexibility index (Phi) is 5.32. The predicted molar refractivity (Wildman–Crippen MR) is 87.4 cm³/mol. The Morgan fingerprint density at radius 1 is 0.905 bits per heavy atom. The van der Waals surface area contributed by atoms with E-state index in [1.54, 1.807) is 0 Å². The molecule has 0 radical (unpaired) electrons. The number of nitrogens with one attached hydrogen (secondary N) is 1. The molecule has 2 nitrogen and oxygen atoms in total. The molecule has 0 saturated heterocycles. The fourth-order valence-electron chi connectivity index (χ4n) is 4.14. The first-order chi connectivity index (χ1) is 10.3. The number of hydrogen-bond acceptors (Lipinski definition) is 2. The van der Waals surface area contributed by atoms with Crippen LogP contribution in [-0.4, -0.2) is 23.8 Å². The zero-order chi connectivity index (χ0) is 14.5. The minimum Gasteiger partial charge on any atom is -0.393 e. The maximum Gasteiger partial charge on any atom is 0.0540 e. The highest BCUT2D eigenvalue weighted by Crippen LogP contribution is 2.33. The summed E-state index contributed by atoms with van der Waals surface area (Å²) in [6.45, 7) is 1.14. The second-order valence-corrected chi connectivity index (χ2v) is 6.99. The third kappa shape index (κ3) is 4.08. The Labute approximate surface area is 129 Å². The van der Waals surface area contributed by atoms with Crippen molar-refractivity contribution >= 4 is 0 Å². The summed E-state index contributed by atoms with van der Waals surface area (Å²) in [6.07, 6.45) is 9.72. The molecule has 2 aliphatic rings. The van der Waals surface area contributed by atoms with Gasteiger partial charge in [0.2, 0.25) is 0 Å². The van der Waals surface area contributed by atoms with E-state index in [0.29, 0.717) is 12.0 Å². The minimum absolute atomic E-state index is 0.0343. The zero-order valence-electron chi connectivity index (χ0n) is 13.0. The molecule has 0 spiro atoms. The van der Waals surface area contributed by atoms with Crippen molar-refractivity contribution in [2.24, 2.45) is 5.92 Å². The van der Waals surface area contributed by atoms with Crippen LogP contribution < -0.4 is 5.32 Å². The van der Waals surface area contributed by atoms with E-state index in [9.17, 15) is 5.11 Å². The van der Waals surface area contributed by atoms with Crippen LogP contribution in [0, 0.1) is 5.92 Å². The lowest BCUT2D eigenvalue weighted by atomic mass is 9.79. The molecule has 2 unspecified atom stereocenters. The summed E-state index contributed by atoms with van der Waals surface area (Å²) in [7, 11) is 0. The van der Waals surface area contributed by atoms with Crippen molar-refractivity contribution in [1.82, 2.24) is 5.32 Å². The van der Waals surface area contributed by atoms with Gasteiger partial charge < -0.3 is 10.4 Å². The molecule has 2 aliphatic carbocycles. The number of hydrogen-bond donors (Lipinski definition) is 2. The summed E-state index contributed by atoms with van der Waals surface area (Å²) in [5.41, 5.74) is 1.51. The highest BCUT2D eigenvalue weighted by atomic mass is 16.3. The number of benzene rings is 1. The average molecular weight is 287 g/mol. The van der Waals surface area contributed by atoms with Crippen LogP contribution in [0.5, 0.6) is 0 Å². The molecule has 2 saturated carbocycles. The molecule has 1 aromatic carbocycles. The monoisotopic (exact) mass is 287 g/mol. The molecule has 2 heteroatoms. The highest BCUT2D eigenvalue weighted by molar-refractivity contribution is 5.22. The van der Waals surface area contributed by atoms with Gasteiger partial charge >= 0.3 is 0 Å². The van der Waals surface area contributed by atoms with Gasteiger partial charge in [0.05, 0.1) is 6.10 Å². The van der Waals surface area contributed by atoms with Crippen LogP contribution in [0.4, 0.5) is 0 Å². The summed E-state index contributed by atoms with van der Waals surface area (Å²) < 4.78 is 0. The van der Waals surface area contributed by atoms with E-state index in [2.05, 4.69) is 35.6 Å². The molecule has 0 bridgehead atoms. The Bertz CT molecular complexity index is 411. The van der Waals surface area contributed by atoms with Crippen LogP contribution in [0.25, 0.3) is 0 Å². The lowest BCUT2D eigenvalue weighted by Crippen LogP contribution is -2.40. The van der Waals surface area contributed by atoms with Gasteiger partial charge in [-0.2, -0.15) is 0 Å². The molecule has 0 heterocycles. The van der Waals surface area contributed by atoms with Gasteiger partial charge in [-0.1, -0.05) is 43.2 Å². The van der Waals surface area contributed by atoms with Gasteiger partial charge in [-0.05, 0) is 62.5 Å². The number of aliphatic hydroxyl groups is 1. The van der Waals surface area contributed by atoms with Crippen molar-refractivity contribution in [2.45, 2.75) is 69.4 Å². The summed E-state index contributed by atoms with van der Waals surface area (Å²) in [5.74, 6) is 1.46. The number of aliphatic hydroxyl groups excluding tert-OH is 1. The molecule has 21 heavy (non-hydrogen) atoms. The molecule has 2 atom stereocenters. The lowest BCUT2D eigenvalue weighted by Gasteiger charge is -2.35. The van der Waals surface area contributed by atoms with Crippen LogP contribution >= 0.6 is 0 Å². The van der Waals surface area contributed by atoms with Gasteiger partial charge in [-0.3, -0.25) is 0 Å². The fraction of sp³-hybridized carbons (Fsp3) is 0.684. The van der Waals surface area contributed by atoms with Crippen LogP contribution in [0.2, 0.25) is 0 Å². The minimum atomic E-state index is -0.0343. The zero-order valence-corrected chi connectivity index (χ0v) is 13.0. The largest absolute Gasteiger partial charge is 0.393 e. The van der Waals surface area contributed by atoms with E-state index in [-0.39, 0.29) is 6.10 Å². The van der Waals surface area contributed by atoms with Gasteiger partial charge in [-0.15, -0.1) is 0 Å². The van der Waals surface area contributed by atoms with Crippen LogP contribution in [0.3, 0.4) is 0 Å². The molecular formula is C19H29NO. The Morgan fingerprint density at radius 2 is 1.62 bits per heavy atom. The van der Waals surface area contributed by atoms with Gasteiger partial charge in [0.1, 0.15) is 0 Å². The Morgan fingerprint density at radius 3 is 2.38 bits per heavy atom. The molecule has 3 rings (SSSR count). The van der Waals surface area contributed by atoms with E-state index < -0.39 is 0 Å². The van der Waals surface area contributed by atoms with Gasteiger partial charge in [0.25, 0.3) is 0 Å². The van der Waals surface area contributed by atoms with Crippen molar-refractivity contribution in [3.63, 3.8) is 0 Å². The first kappa shape index (κ1) is 15.1. The first-order valence-electron chi connectivity index (χ1n) is 8.79. The molecule has 0 amide bonds. The van der Waals surface area contributed by atoms with Crippen molar-refractivity contribution < 1.29 is 5.11 Å². The van der Waals surface area contributed by atoms with Crippen molar-refractivity contribution in [3.05, 3.63) is 35.9 Å². The Hall–Kier alpha value is -0.860. The maximum atomic E-state index is 9.61. The molecule has 0 aromatic heterocycles. The smallest absolute Gasteiger partial charge is 0.0540 e. The van der Waals surface area contributed by atoms with Crippen molar-refractivity contribution in [1.29, 1.82) is 0 Å². The molecular weight excluding hydrogens is 258 g/mol. The second kappa shape index (κ2) is 7.42. The van der Waals surface area contributed by atoms with Crippen LogP contribution in [0.15, 0.2) is 30.3 Å². The predicted octanol–water partition coefficient (Wildman–Crippen LogP) is 3.85. The third-order valence-corrected chi connectivity index (χ3v) is 5.48. The van der Waals surface area contributed by atoms with Crippen LogP contribution in [-0.2, 0) is 0 Å². The molecule has 2 fully saturated rings. The fourth-order valence-corrected chi connectivity index (χ4v) is 4.14. The van der Waals surface area contributed by atoms with E-state index in [1.807, 2.05) is 0 Å². The summed E-state index contributed by atoms with van der Waals surface area (Å²) in [4.78, 5) is 0. The molecule has 0 aliphatic heterocycles. The van der Waals surface area contributed by atoms with Gasteiger partial charge in [0, 0.05) is 6.04 Å². The molecule has 116 valence electrons. The lowest BCUT2D eigenvalue weighted by molar-refractivity contribution is 0.106. The molecule has 2 N–H and O–H groups in total. The first-order valence-corrected chi connectivity index (χ1v) is 8.79. The maximum absolute atomic E-state index is 9.61. The highest BCUT2D eigenvalue weighted by Gasteiger charge is 2.27. The van der Waals surface area contributed by atoms with Crippen molar-refractivity contribution in [2.75, 3.05) is 6.54 Å². The normalized spacial score (nSPS) is 33.8. The standard InChI is InChI=1S/C19H29NO/c21-17-12-10-15(11-13-17)14-20-19-9-5-4-8-18(19)16-6-2-1-3-7-16/h1-3,6-7,15,17-21H,4-5,8-14H2. The van der Waals surface area contributed by atoms with E-state index in [1.165, 1.54) is 44.1 Å². The SMILES string of the molecule is OC1CCC(CNC2CCCCC2c2ccccc2)CC1. The van der Waals surface area contributed by atoms with Gasteiger partial charge in [0.15, 0.2) is 0 Å². The quantitative estimate of drug-likeness (QED) is 0.881. The summed E-state index contributed by atoms with van der Waals surface area (Å²) in [5, 5.41) is 13.5. The van der Waals surface area contributed by atoms with Crippen LogP contribution in [0.1, 0.15) is 62.8 Å². The second-order valence-electron chi connectivity index (χ2n) is 6.99. The average Bonchev–Trinajstić information content (AvgIpc) is 2.55. The number of rotatable bonds is 4. The van der Waals surface area contributed by atoms with E-state index >= 15 is 0 Å². The summed E-state index contributed by atoms with van der Waals surface area (Å²) in [6, 6.07) is 11.7. The van der Waals surface area contributed by atoms with Crippen molar-refractivity contribution in [3.8, 4) is 0 Å². The Balaban J connectivity index is 1.55. The van der Waals surface area contributed by atoms with Gasteiger partial charge in [-0.25, -0.2) is 0 Å². The third-order valence-electron chi connectivity index (χ3n) is 5.48. The van der Waals surface area contributed by atoms with E-state index in [0.717, 1.165) is 25.3 Å². The summed E-state index contributed by atoms with van der Waals surface area (Å²) >= 11 is 0. The van der Waals surface area contributed by atoms with E-state index in [4.69, 9.17) is 0 Å². The molecule has 1 aromatic rings.